The fourth-order valence-electron chi connectivity index (χ4n) is 4.46. The van der Waals surface area contributed by atoms with Gasteiger partial charge in [-0.05, 0) is 59.9 Å². The summed E-state index contributed by atoms with van der Waals surface area (Å²) < 4.78 is 44.8. The molecule has 0 fully saturated rings. The SMILES string of the molecule is CC(C)CN(C[C@@H](O)C(Cc1ccc(OCc2ccc(C#N)cc2)cc1)NC(=O)O)S(=O)(=O)c1ccc2c(c1)OCO2. The van der Waals surface area contributed by atoms with Crippen LogP contribution in [0.4, 0.5) is 4.79 Å². The van der Waals surface area contributed by atoms with E-state index in [0.717, 1.165) is 9.87 Å². The molecule has 222 valence electrons. The number of hydrogen-bond acceptors (Lipinski definition) is 8. The van der Waals surface area contributed by atoms with Gasteiger partial charge in [-0.3, -0.25) is 0 Å². The maximum absolute atomic E-state index is 13.6. The molecule has 3 aromatic rings. The van der Waals surface area contributed by atoms with Crippen LogP contribution >= 0.6 is 0 Å². The van der Waals surface area contributed by atoms with Gasteiger partial charge in [0.05, 0.1) is 28.7 Å². The molecule has 0 radical (unpaired) electrons. The molecule has 1 unspecified atom stereocenters. The van der Waals surface area contributed by atoms with E-state index in [1.807, 2.05) is 26.0 Å². The quantitative estimate of drug-likeness (QED) is 0.268. The van der Waals surface area contributed by atoms with Crippen LogP contribution in [0.15, 0.2) is 71.6 Å². The molecule has 3 N–H and O–H groups in total. The van der Waals surface area contributed by atoms with Crippen LogP contribution in [0.25, 0.3) is 0 Å². The van der Waals surface area contributed by atoms with E-state index in [2.05, 4.69) is 11.4 Å². The van der Waals surface area contributed by atoms with E-state index in [9.17, 15) is 23.4 Å². The van der Waals surface area contributed by atoms with Crippen LogP contribution in [0.1, 0.15) is 30.5 Å². The minimum absolute atomic E-state index is 0.0000296. The van der Waals surface area contributed by atoms with Crippen molar-refractivity contribution >= 4 is 16.1 Å². The van der Waals surface area contributed by atoms with Crippen molar-refractivity contribution in [2.45, 2.75) is 43.9 Å². The third-order valence-electron chi connectivity index (χ3n) is 6.58. The van der Waals surface area contributed by atoms with E-state index < -0.39 is 28.3 Å². The predicted octanol–water partition coefficient (Wildman–Crippen LogP) is 3.75. The first kappa shape index (κ1) is 30.6. The number of ether oxygens (including phenoxy) is 3. The van der Waals surface area contributed by atoms with Gasteiger partial charge in [-0.2, -0.15) is 9.57 Å². The molecule has 0 saturated carbocycles. The fraction of sp³-hybridized carbons (Fsp3) is 0.333. The molecule has 0 bridgehead atoms. The summed E-state index contributed by atoms with van der Waals surface area (Å²) in [5.74, 6) is 1.28. The molecule has 1 aliphatic heterocycles. The average Bonchev–Trinajstić information content (AvgIpc) is 3.44. The Hall–Kier alpha value is -4.31. The zero-order valence-electron chi connectivity index (χ0n) is 23.3. The smallest absolute Gasteiger partial charge is 0.404 e. The predicted molar refractivity (Wildman–Crippen MR) is 153 cm³/mol. The van der Waals surface area contributed by atoms with E-state index in [0.29, 0.717) is 35.0 Å². The number of fused-ring (bicyclic) bond motifs is 1. The summed E-state index contributed by atoms with van der Waals surface area (Å²) in [4.78, 5) is 11.6. The van der Waals surface area contributed by atoms with Crippen molar-refractivity contribution in [3.63, 3.8) is 0 Å². The van der Waals surface area contributed by atoms with Gasteiger partial charge >= 0.3 is 6.09 Å². The maximum atomic E-state index is 13.6. The highest BCUT2D eigenvalue weighted by atomic mass is 32.2. The van der Waals surface area contributed by atoms with Gasteiger partial charge in [0.15, 0.2) is 11.5 Å². The number of aliphatic hydroxyl groups excluding tert-OH is 1. The van der Waals surface area contributed by atoms with Gasteiger partial charge < -0.3 is 29.7 Å². The molecule has 1 heterocycles. The minimum atomic E-state index is -4.06. The van der Waals surface area contributed by atoms with E-state index in [1.165, 1.54) is 18.2 Å². The number of carboxylic acid groups (broad SMARTS) is 1. The van der Waals surface area contributed by atoms with Crippen LogP contribution in [-0.2, 0) is 23.1 Å². The van der Waals surface area contributed by atoms with E-state index in [4.69, 9.17) is 19.5 Å². The highest BCUT2D eigenvalue weighted by Gasteiger charge is 2.32. The third-order valence-corrected chi connectivity index (χ3v) is 8.41. The molecule has 11 nitrogen and oxygen atoms in total. The summed E-state index contributed by atoms with van der Waals surface area (Å²) in [6.07, 6.45) is -2.57. The molecule has 1 amide bonds. The lowest BCUT2D eigenvalue weighted by Gasteiger charge is -2.30. The highest BCUT2D eigenvalue weighted by molar-refractivity contribution is 7.89. The Morgan fingerprint density at radius 1 is 1.02 bits per heavy atom. The van der Waals surface area contributed by atoms with Gasteiger partial charge in [-0.1, -0.05) is 38.1 Å². The Morgan fingerprint density at radius 3 is 2.33 bits per heavy atom. The largest absolute Gasteiger partial charge is 0.489 e. The topological polar surface area (TPSA) is 158 Å². The molecule has 42 heavy (non-hydrogen) atoms. The number of aliphatic hydroxyl groups is 1. The molecule has 0 aliphatic carbocycles. The monoisotopic (exact) mass is 595 g/mol. The second kappa shape index (κ2) is 13.6. The molecular formula is C30H33N3O8S. The maximum Gasteiger partial charge on any atom is 0.404 e. The number of amides is 1. The molecule has 2 atom stereocenters. The summed E-state index contributed by atoms with van der Waals surface area (Å²) >= 11 is 0. The van der Waals surface area contributed by atoms with Crippen LogP contribution in [0.2, 0.25) is 0 Å². The van der Waals surface area contributed by atoms with Crippen LogP contribution < -0.4 is 19.5 Å². The van der Waals surface area contributed by atoms with Gasteiger partial charge in [-0.25, -0.2) is 13.2 Å². The molecule has 3 aromatic carbocycles. The van der Waals surface area contributed by atoms with Crippen molar-refractivity contribution in [1.29, 1.82) is 5.26 Å². The standard InChI is InChI=1S/C30H33N3O8S/c1-20(2)16-33(42(37,38)25-11-12-28-29(14-25)41-19-40-28)17-27(34)26(32-30(35)36)13-21-7-9-24(10-8-21)39-18-23-5-3-22(15-31)4-6-23/h3-12,14,20,26-27,32,34H,13,16-19H2,1-2H3,(H,35,36)/t26?,27-/m1/s1. The fourth-order valence-corrected chi connectivity index (χ4v) is 6.10. The third kappa shape index (κ3) is 7.91. The molecule has 0 spiro atoms. The van der Waals surface area contributed by atoms with Gasteiger partial charge in [0.2, 0.25) is 16.8 Å². The lowest BCUT2D eigenvalue weighted by atomic mass is 10.0. The van der Waals surface area contributed by atoms with Crippen molar-refractivity contribution in [1.82, 2.24) is 9.62 Å². The Bertz CT molecular complexity index is 1520. The summed E-state index contributed by atoms with van der Waals surface area (Å²) in [7, 11) is -4.06. The molecule has 12 heteroatoms. The number of sulfonamides is 1. The number of rotatable bonds is 13. The highest BCUT2D eigenvalue weighted by Crippen LogP contribution is 2.35. The van der Waals surface area contributed by atoms with Gasteiger partial charge in [-0.15, -0.1) is 0 Å². The van der Waals surface area contributed by atoms with Crippen molar-refractivity contribution < 1.29 is 37.6 Å². The van der Waals surface area contributed by atoms with E-state index in [-0.39, 0.29) is 37.1 Å². The Kier molecular flexibility index (Phi) is 9.90. The Labute approximate surface area is 244 Å². The van der Waals surface area contributed by atoms with Crippen LogP contribution in [-0.4, -0.2) is 61.1 Å². The summed E-state index contributed by atoms with van der Waals surface area (Å²) in [6, 6.07) is 19.4. The summed E-state index contributed by atoms with van der Waals surface area (Å²) in [5.41, 5.74) is 2.17. The van der Waals surface area contributed by atoms with E-state index in [1.54, 1.807) is 36.4 Å². The lowest BCUT2D eigenvalue weighted by molar-refractivity contribution is 0.0980. The second-order valence-corrected chi connectivity index (χ2v) is 12.2. The van der Waals surface area contributed by atoms with Crippen LogP contribution in [0.5, 0.6) is 17.2 Å². The average molecular weight is 596 g/mol. The number of nitrogens with one attached hydrogen (secondary N) is 1. The Balaban J connectivity index is 1.45. The molecular weight excluding hydrogens is 562 g/mol. The first-order valence-corrected chi connectivity index (χ1v) is 14.8. The van der Waals surface area contributed by atoms with Crippen LogP contribution in [0.3, 0.4) is 0 Å². The number of carbonyl (C=O) groups is 1. The number of nitriles is 1. The number of benzene rings is 3. The first-order chi connectivity index (χ1) is 20.0. The van der Waals surface area contributed by atoms with E-state index >= 15 is 0 Å². The normalized spacial score (nSPS) is 13.9. The number of hydrogen-bond donors (Lipinski definition) is 3. The molecule has 0 aromatic heterocycles. The van der Waals surface area contributed by atoms with Gasteiger partial charge in [0, 0.05) is 19.2 Å². The molecule has 0 saturated heterocycles. The summed E-state index contributed by atoms with van der Waals surface area (Å²) in [6.45, 7) is 3.79. The zero-order valence-corrected chi connectivity index (χ0v) is 24.1. The number of nitrogens with zero attached hydrogens (tertiary/aromatic N) is 2. The van der Waals surface area contributed by atoms with Crippen molar-refractivity contribution in [3.8, 4) is 23.3 Å². The lowest BCUT2D eigenvalue weighted by Crippen LogP contribution is -2.50. The van der Waals surface area contributed by atoms with Crippen molar-refractivity contribution in [2.24, 2.45) is 5.92 Å². The van der Waals surface area contributed by atoms with Gasteiger partial charge in [0.1, 0.15) is 12.4 Å². The molecule has 4 rings (SSSR count). The first-order valence-electron chi connectivity index (χ1n) is 13.3. The van der Waals surface area contributed by atoms with Gasteiger partial charge in [0.25, 0.3) is 0 Å². The zero-order chi connectivity index (χ0) is 30.3. The second-order valence-electron chi connectivity index (χ2n) is 10.3. The van der Waals surface area contributed by atoms with Crippen molar-refractivity contribution in [3.05, 3.63) is 83.4 Å². The van der Waals surface area contributed by atoms with Crippen LogP contribution in [0, 0.1) is 17.2 Å². The Morgan fingerprint density at radius 2 is 1.69 bits per heavy atom. The summed E-state index contributed by atoms with van der Waals surface area (Å²) in [5, 5.41) is 31.9. The van der Waals surface area contributed by atoms with Crippen molar-refractivity contribution in [2.75, 3.05) is 19.9 Å². The minimum Gasteiger partial charge on any atom is -0.489 e. The molecule has 1 aliphatic rings.